The van der Waals surface area contributed by atoms with Crippen molar-refractivity contribution >= 4 is 5.91 Å². The number of carbonyl (C=O) groups excluding carboxylic acids is 1. The number of amides is 1. The van der Waals surface area contributed by atoms with Gasteiger partial charge >= 0.3 is 0 Å². The highest BCUT2D eigenvalue weighted by molar-refractivity contribution is 5.79. The van der Waals surface area contributed by atoms with Crippen LogP contribution in [0.2, 0.25) is 0 Å². The third-order valence-electron chi connectivity index (χ3n) is 5.89. The summed E-state index contributed by atoms with van der Waals surface area (Å²) in [5.74, 6) is 0.00168. The summed E-state index contributed by atoms with van der Waals surface area (Å²) in [5, 5.41) is 35.8. The van der Waals surface area contributed by atoms with Crippen molar-refractivity contribution in [3.8, 4) is 5.75 Å². The molecule has 3 aromatic carbocycles. The normalized spacial score (nSPS) is 13.8. The van der Waals surface area contributed by atoms with Gasteiger partial charge in [-0.1, -0.05) is 60.7 Å². The van der Waals surface area contributed by atoms with E-state index in [1.165, 1.54) is 6.07 Å². The van der Waals surface area contributed by atoms with Crippen LogP contribution in [0.5, 0.6) is 5.75 Å². The number of aromatic hydroxyl groups is 1. The Morgan fingerprint density at radius 1 is 0.912 bits per heavy atom. The standard InChI is InChI=1S/C28H34N2O4/c1-19(29-17-27(33)24-11-12-26(32)25(16-24)18-31)13-21-7-6-8-22(14-21)15-28(34)30-20(2)23-9-4-3-5-10-23/h3-12,14,16,19-20,27,29,31-33H,13,15,17-18H2,1-2H3,(H,30,34)/t19-,20-,27+/m1/s1. The average Bonchev–Trinajstić information content (AvgIpc) is 2.83. The topological polar surface area (TPSA) is 102 Å². The largest absolute Gasteiger partial charge is 0.508 e. The third kappa shape index (κ3) is 7.42. The highest BCUT2D eigenvalue weighted by Gasteiger charge is 2.13. The summed E-state index contributed by atoms with van der Waals surface area (Å²) in [6, 6.07) is 22.7. The van der Waals surface area contributed by atoms with Crippen molar-refractivity contribution in [2.75, 3.05) is 6.54 Å². The van der Waals surface area contributed by atoms with Crippen molar-refractivity contribution in [3.63, 3.8) is 0 Å². The molecule has 0 aliphatic carbocycles. The predicted molar refractivity (Wildman–Crippen MR) is 133 cm³/mol. The molecule has 6 nitrogen and oxygen atoms in total. The van der Waals surface area contributed by atoms with Gasteiger partial charge in [0, 0.05) is 18.2 Å². The maximum absolute atomic E-state index is 12.5. The second-order valence-electron chi connectivity index (χ2n) is 8.77. The van der Waals surface area contributed by atoms with Crippen LogP contribution in [-0.4, -0.2) is 33.8 Å². The minimum absolute atomic E-state index is 0.0149. The summed E-state index contributed by atoms with van der Waals surface area (Å²) in [6.07, 6.45) is 0.314. The summed E-state index contributed by atoms with van der Waals surface area (Å²) in [4.78, 5) is 12.5. The van der Waals surface area contributed by atoms with Crippen molar-refractivity contribution in [2.45, 2.75) is 51.5 Å². The highest BCUT2D eigenvalue weighted by Crippen LogP contribution is 2.22. The highest BCUT2D eigenvalue weighted by atomic mass is 16.3. The van der Waals surface area contributed by atoms with Crippen LogP contribution in [0.25, 0.3) is 0 Å². The Labute approximate surface area is 201 Å². The van der Waals surface area contributed by atoms with E-state index < -0.39 is 6.10 Å². The van der Waals surface area contributed by atoms with E-state index in [4.69, 9.17) is 0 Å². The van der Waals surface area contributed by atoms with Crippen LogP contribution in [0.15, 0.2) is 72.8 Å². The van der Waals surface area contributed by atoms with Crippen LogP contribution in [-0.2, 0) is 24.2 Å². The van der Waals surface area contributed by atoms with Crippen LogP contribution in [0, 0.1) is 0 Å². The lowest BCUT2D eigenvalue weighted by atomic mass is 10.0. The molecule has 0 unspecified atom stereocenters. The van der Waals surface area contributed by atoms with Gasteiger partial charge < -0.3 is 26.0 Å². The lowest BCUT2D eigenvalue weighted by molar-refractivity contribution is -0.121. The molecule has 6 heteroatoms. The minimum atomic E-state index is -0.755. The number of aliphatic hydroxyl groups excluding tert-OH is 2. The second kappa shape index (κ2) is 12.3. The minimum Gasteiger partial charge on any atom is -0.508 e. The SMILES string of the molecule is C[C@H](Cc1cccc(CC(=O)N[C@H](C)c2ccccc2)c1)NC[C@H](O)c1ccc(O)c(CO)c1. The Morgan fingerprint density at radius 3 is 2.38 bits per heavy atom. The first kappa shape index (κ1) is 25.4. The number of hydrogen-bond donors (Lipinski definition) is 5. The fourth-order valence-electron chi connectivity index (χ4n) is 3.97. The zero-order chi connectivity index (χ0) is 24.5. The predicted octanol–water partition coefficient (Wildman–Crippen LogP) is 3.56. The molecular formula is C28H34N2O4. The molecule has 0 radical (unpaired) electrons. The van der Waals surface area contributed by atoms with E-state index in [0.29, 0.717) is 24.1 Å². The van der Waals surface area contributed by atoms with E-state index in [0.717, 1.165) is 23.1 Å². The summed E-state index contributed by atoms with van der Waals surface area (Å²) >= 11 is 0. The van der Waals surface area contributed by atoms with Gasteiger partial charge in [-0.05, 0) is 54.7 Å². The summed E-state index contributed by atoms with van der Waals surface area (Å²) < 4.78 is 0. The molecule has 0 aliphatic heterocycles. The number of nitrogens with one attached hydrogen (secondary N) is 2. The molecule has 0 bridgehead atoms. The van der Waals surface area contributed by atoms with Gasteiger partial charge in [0.1, 0.15) is 5.75 Å². The summed E-state index contributed by atoms with van der Waals surface area (Å²) in [7, 11) is 0. The van der Waals surface area contributed by atoms with Crippen LogP contribution in [0.4, 0.5) is 0 Å². The van der Waals surface area contributed by atoms with E-state index in [1.807, 2.05) is 62.4 Å². The first-order valence-electron chi connectivity index (χ1n) is 11.6. The van der Waals surface area contributed by atoms with Gasteiger partial charge in [0.25, 0.3) is 0 Å². The Kier molecular flexibility index (Phi) is 9.22. The number of aliphatic hydroxyl groups is 2. The molecule has 0 saturated heterocycles. The molecule has 0 aromatic heterocycles. The molecule has 1 amide bonds. The molecular weight excluding hydrogens is 428 g/mol. The first-order valence-corrected chi connectivity index (χ1v) is 11.6. The molecule has 0 aliphatic rings. The zero-order valence-electron chi connectivity index (χ0n) is 19.7. The molecule has 0 spiro atoms. The first-order chi connectivity index (χ1) is 16.4. The quantitative estimate of drug-likeness (QED) is 0.300. The van der Waals surface area contributed by atoms with Gasteiger partial charge in [0.15, 0.2) is 0 Å². The van der Waals surface area contributed by atoms with Gasteiger partial charge in [-0.3, -0.25) is 4.79 Å². The van der Waals surface area contributed by atoms with E-state index in [2.05, 4.69) is 16.7 Å². The maximum Gasteiger partial charge on any atom is 0.224 e. The third-order valence-corrected chi connectivity index (χ3v) is 5.89. The van der Waals surface area contributed by atoms with E-state index in [-0.39, 0.29) is 30.3 Å². The van der Waals surface area contributed by atoms with Crippen molar-refractivity contribution in [3.05, 3.63) is 101 Å². The Bertz CT molecular complexity index is 1070. The number of phenols is 1. The second-order valence-corrected chi connectivity index (χ2v) is 8.77. The fraction of sp³-hybridized carbons (Fsp3) is 0.321. The van der Waals surface area contributed by atoms with E-state index in [1.54, 1.807) is 12.1 Å². The molecule has 3 atom stereocenters. The van der Waals surface area contributed by atoms with Crippen molar-refractivity contribution < 1.29 is 20.1 Å². The average molecular weight is 463 g/mol. The summed E-state index contributed by atoms with van der Waals surface area (Å²) in [5.41, 5.74) is 4.18. The number of benzene rings is 3. The Morgan fingerprint density at radius 2 is 1.65 bits per heavy atom. The Balaban J connectivity index is 1.50. The molecule has 3 aromatic rings. The van der Waals surface area contributed by atoms with Crippen molar-refractivity contribution in [1.82, 2.24) is 10.6 Å². The zero-order valence-corrected chi connectivity index (χ0v) is 19.7. The van der Waals surface area contributed by atoms with Gasteiger partial charge in [0.2, 0.25) is 5.91 Å². The van der Waals surface area contributed by atoms with Crippen LogP contribution >= 0.6 is 0 Å². The fourth-order valence-corrected chi connectivity index (χ4v) is 3.97. The molecule has 0 fully saturated rings. The molecule has 0 saturated carbocycles. The maximum atomic E-state index is 12.5. The Hall–Kier alpha value is -3.19. The number of hydrogen-bond acceptors (Lipinski definition) is 5. The monoisotopic (exact) mass is 462 g/mol. The van der Waals surface area contributed by atoms with E-state index in [9.17, 15) is 20.1 Å². The van der Waals surface area contributed by atoms with Gasteiger partial charge in [-0.2, -0.15) is 0 Å². The molecule has 5 N–H and O–H groups in total. The lowest BCUT2D eigenvalue weighted by Crippen LogP contribution is -2.32. The van der Waals surface area contributed by atoms with Crippen molar-refractivity contribution in [2.24, 2.45) is 0 Å². The van der Waals surface area contributed by atoms with Crippen LogP contribution in [0.1, 0.15) is 53.8 Å². The van der Waals surface area contributed by atoms with Crippen LogP contribution < -0.4 is 10.6 Å². The van der Waals surface area contributed by atoms with Gasteiger partial charge in [-0.15, -0.1) is 0 Å². The van der Waals surface area contributed by atoms with Crippen LogP contribution in [0.3, 0.4) is 0 Å². The molecule has 3 rings (SSSR count). The molecule has 180 valence electrons. The molecule has 0 heterocycles. The lowest BCUT2D eigenvalue weighted by Gasteiger charge is -2.19. The smallest absolute Gasteiger partial charge is 0.224 e. The number of rotatable bonds is 11. The van der Waals surface area contributed by atoms with E-state index >= 15 is 0 Å². The summed E-state index contributed by atoms with van der Waals surface area (Å²) in [6.45, 7) is 4.09. The number of carbonyl (C=O) groups is 1. The molecule has 34 heavy (non-hydrogen) atoms. The van der Waals surface area contributed by atoms with Crippen molar-refractivity contribution in [1.29, 1.82) is 0 Å². The van der Waals surface area contributed by atoms with Gasteiger partial charge in [0.05, 0.1) is 25.2 Å². The van der Waals surface area contributed by atoms with Gasteiger partial charge in [-0.25, -0.2) is 0 Å².